The van der Waals surface area contributed by atoms with Gasteiger partial charge in [-0.3, -0.25) is 14.3 Å². The number of anilines is 2. The van der Waals surface area contributed by atoms with E-state index in [2.05, 4.69) is 20.1 Å². The maximum atomic E-state index is 13.3. The van der Waals surface area contributed by atoms with Crippen LogP contribution in [0.4, 0.5) is 11.5 Å². The fraction of sp³-hybridized carbons (Fsp3) is 0.417. The first-order valence-electron chi connectivity index (χ1n) is 12.0. The highest BCUT2D eigenvalue weighted by molar-refractivity contribution is 7.92. The molecule has 0 bridgehead atoms. The summed E-state index contributed by atoms with van der Waals surface area (Å²) in [6, 6.07) is 4.64. The number of hydrogen-bond donors (Lipinski definition) is 4. The number of nitrogen functional groups attached to an aromatic ring is 1. The molecule has 3 aromatic rings. The van der Waals surface area contributed by atoms with E-state index in [4.69, 9.17) is 5.73 Å². The molecule has 1 saturated carbocycles. The normalized spacial score (nSPS) is 17.1. The number of amides is 2. The highest BCUT2D eigenvalue weighted by atomic mass is 32.2. The number of aliphatic hydroxyl groups is 1. The van der Waals surface area contributed by atoms with Crippen LogP contribution in [0, 0.1) is 5.92 Å². The molecule has 1 fully saturated rings. The molecule has 13 heteroatoms. The Morgan fingerprint density at radius 1 is 1.30 bits per heavy atom. The lowest BCUT2D eigenvalue weighted by atomic mass is 10.0. The van der Waals surface area contributed by atoms with Gasteiger partial charge >= 0.3 is 0 Å². The molecule has 2 amide bonds. The van der Waals surface area contributed by atoms with Crippen LogP contribution in [-0.4, -0.2) is 69.8 Å². The van der Waals surface area contributed by atoms with Gasteiger partial charge in [-0.2, -0.15) is 0 Å². The first-order valence-corrected chi connectivity index (χ1v) is 13.9. The molecule has 37 heavy (non-hydrogen) atoms. The van der Waals surface area contributed by atoms with E-state index in [0.29, 0.717) is 34.8 Å². The van der Waals surface area contributed by atoms with E-state index >= 15 is 0 Å². The second-order valence-electron chi connectivity index (χ2n) is 9.84. The third-order valence-electron chi connectivity index (χ3n) is 6.81. The Balaban J connectivity index is 1.60. The zero-order valence-electron chi connectivity index (χ0n) is 20.7. The smallest absolute Gasteiger partial charge is 0.259 e. The van der Waals surface area contributed by atoms with Gasteiger partial charge in [0.05, 0.1) is 29.8 Å². The largest absolute Gasteiger partial charge is 0.394 e. The number of rotatable bonds is 8. The SMILES string of the molecule is CC(C1CC1)N1Cc2cc(-c3ccn4nc(N)c(C(=O)N[C@H](C)CO)c4n3)cc(NS(C)(=O)=O)c2C1=O. The molecule has 1 unspecified atom stereocenters. The summed E-state index contributed by atoms with van der Waals surface area (Å²) in [6.07, 6.45) is 4.79. The van der Waals surface area contributed by atoms with Gasteiger partial charge < -0.3 is 21.1 Å². The Morgan fingerprint density at radius 2 is 2.03 bits per heavy atom. The summed E-state index contributed by atoms with van der Waals surface area (Å²) in [5.74, 6) is -0.284. The number of nitrogens with zero attached hydrogens (tertiary/aromatic N) is 4. The van der Waals surface area contributed by atoms with Gasteiger partial charge in [-0.05, 0) is 56.4 Å². The summed E-state index contributed by atoms with van der Waals surface area (Å²) in [6.45, 7) is 3.79. The zero-order valence-corrected chi connectivity index (χ0v) is 21.5. The van der Waals surface area contributed by atoms with Crippen molar-refractivity contribution in [3.05, 3.63) is 41.1 Å². The number of hydrogen-bond acceptors (Lipinski definition) is 8. The number of carbonyl (C=O) groups excluding carboxylic acids is 2. The van der Waals surface area contributed by atoms with Crippen molar-refractivity contribution in [3.63, 3.8) is 0 Å². The molecule has 2 atom stereocenters. The number of nitrogens with two attached hydrogens (primary N) is 1. The Labute approximate surface area is 213 Å². The average Bonchev–Trinajstić information content (AvgIpc) is 3.54. The van der Waals surface area contributed by atoms with E-state index in [1.165, 1.54) is 4.52 Å². The van der Waals surface area contributed by atoms with Gasteiger partial charge in [-0.1, -0.05) is 0 Å². The lowest BCUT2D eigenvalue weighted by Crippen LogP contribution is -2.35. The molecule has 0 saturated heterocycles. The molecule has 0 radical (unpaired) electrons. The second kappa shape index (κ2) is 8.99. The number of aliphatic hydroxyl groups excluding tert-OH is 1. The summed E-state index contributed by atoms with van der Waals surface area (Å²) in [5.41, 5.74) is 8.51. The lowest BCUT2D eigenvalue weighted by Gasteiger charge is -2.24. The van der Waals surface area contributed by atoms with Crippen LogP contribution in [0.2, 0.25) is 0 Å². The number of nitrogens with one attached hydrogen (secondary N) is 2. The Morgan fingerprint density at radius 3 is 2.68 bits per heavy atom. The number of sulfonamides is 1. The average molecular weight is 528 g/mol. The molecule has 1 aliphatic carbocycles. The Bertz CT molecular complexity index is 1530. The Kier molecular flexibility index (Phi) is 6.07. The summed E-state index contributed by atoms with van der Waals surface area (Å²) >= 11 is 0. The highest BCUT2D eigenvalue weighted by Gasteiger charge is 2.40. The number of benzene rings is 1. The predicted molar refractivity (Wildman–Crippen MR) is 137 cm³/mol. The molecule has 3 heterocycles. The van der Waals surface area contributed by atoms with Gasteiger partial charge in [0.15, 0.2) is 11.5 Å². The maximum absolute atomic E-state index is 13.3. The molecule has 1 aliphatic heterocycles. The van der Waals surface area contributed by atoms with Gasteiger partial charge in [0.2, 0.25) is 10.0 Å². The van der Waals surface area contributed by atoms with Crippen LogP contribution < -0.4 is 15.8 Å². The van der Waals surface area contributed by atoms with E-state index in [9.17, 15) is 23.1 Å². The molecular formula is C24H29N7O5S. The van der Waals surface area contributed by atoms with Crippen molar-refractivity contribution < 1.29 is 23.1 Å². The number of carbonyl (C=O) groups is 2. The predicted octanol–water partition coefficient (Wildman–Crippen LogP) is 1.21. The molecular weight excluding hydrogens is 498 g/mol. The van der Waals surface area contributed by atoms with Crippen LogP contribution >= 0.6 is 0 Å². The maximum Gasteiger partial charge on any atom is 0.259 e. The molecule has 5 rings (SSSR count). The second-order valence-corrected chi connectivity index (χ2v) is 11.6. The van der Waals surface area contributed by atoms with Gasteiger partial charge in [0, 0.05) is 30.4 Å². The Hall–Kier alpha value is -3.71. The van der Waals surface area contributed by atoms with Crippen molar-refractivity contribution in [2.75, 3.05) is 23.3 Å². The van der Waals surface area contributed by atoms with Crippen LogP contribution in [0.1, 0.15) is 53.0 Å². The molecule has 2 aliphatic rings. The molecule has 0 spiro atoms. The standard InChI is InChI=1S/C24H29N7O5S/c1-12(11-32)26-23(33)20-21(25)28-31-7-6-17(27-22(20)31)15-8-16-10-30(13(2)14-4-5-14)24(34)19(16)18(9-15)29-37(3,35)36/h6-9,12-14,29,32H,4-5,10-11H2,1-3H3,(H2,25,28)(H,26,33)/t12-,13?/m1/s1. The monoisotopic (exact) mass is 527 g/mol. The van der Waals surface area contributed by atoms with Crippen molar-refractivity contribution >= 4 is 39.0 Å². The van der Waals surface area contributed by atoms with E-state index < -0.39 is 22.0 Å². The first kappa shape index (κ1) is 25.0. The van der Waals surface area contributed by atoms with E-state index in [1.807, 2.05) is 13.0 Å². The van der Waals surface area contributed by atoms with Crippen LogP contribution in [0.25, 0.3) is 16.9 Å². The molecule has 12 nitrogen and oxygen atoms in total. The highest BCUT2D eigenvalue weighted by Crippen LogP contribution is 2.41. The summed E-state index contributed by atoms with van der Waals surface area (Å²) < 4.78 is 28.2. The fourth-order valence-electron chi connectivity index (χ4n) is 4.73. The van der Waals surface area contributed by atoms with Crippen molar-refractivity contribution in [2.24, 2.45) is 5.92 Å². The molecule has 196 valence electrons. The van der Waals surface area contributed by atoms with E-state index in [0.717, 1.165) is 19.1 Å². The fourth-order valence-corrected chi connectivity index (χ4v) is 5.30. The van der Waals surface area contributed by atoms with Gasteiger partial charge in [-0.15, -0.1) is 5.10 Å². The number of fused-ring (bicyclic) bond motifs is 2. The molecule has 2 aromatic heterocycles. The van der Waals surface area contributed by atoms with Gasteiger partial charge in [0.25, 0.3) is 11.8 Å². The third kappa shape index (κ3) is 4.71. The zero-order chi connectivity index (χ0) is 26.6. The third-order valence-corrected chi connectivity index (χ3v) is 7.40. The number of aromatic nitrogens is 3. The van der Waals surface area contributed by atoms with Crippen molar-refractivity contribution in [1.82, 2.24) is 24.8 Å². The van der Waals surface area contributed by atoms with Crippen LogP contribution in [0.5, 0.6) is 0 Å². The topological polar surface area (TPSA) is 172 Å². The molecule has 1 aromatic carbocycles. The summed E-state index contributed by atoms with van der Waals surface area (Å²) in [5, 5.41) is 16.1. The summed E-state index contributed by atoms with van der Waals surface area (Å²) in [7, 11) is -3.67. The quantitative estimate of drug-likeness (QED) is 0.338. The summed E-state index contributed by atoms with van der Waals surface area (Å²) in [4.78, 5) is 32.5. The van der Waals surface area contributed by atoms with Crippen molar-refractivity contribution in [1.29, 1.82) is 0 Å². The van der Waals surface area contributed by atoms with Gasteiger partial charge in [0.1, 0.15) is 5.56 Å². The minimum atomic E-state index is -3.67. The minimum Gasteiger partial charge on any atom is -0.394 e. The van der Waals surface area contributed by atoms with Crippen LogP contribution in [0.15, 0.2) is 24.4 Å². The minimum absolute atomic E-state index is 0.0176. The van der Waals surface area contributed by atoms with Crippen LogP contribution in [-0.2, 0) is 16.6 Å². The molecule has 5 N–H and O–H groups in total. The van der Waals surface area contributed by atoms with E-state index in [1.54, 1.807) is 30.2 Å². The first-order chi connectivity index (χ1) is 17.5. The lowest BCUT2D eigenvalue weighted by molar-refractivity contribution is 0.0698. The van der Waals surface area contributed by atoms with E-state index in [-0.39, 0.29) is 41.3 Å². The van der Waals surface area contributed by atoms with Crippen molar-refractivity contribution in [2.45, 2.75) is 45.3 Å². The van der Waals surface area contributed by atoms with Crippen LogP contribution in [0.3, 0.4) is 0 Å². The van der Waals surface area contributed by atoms with Gasteiger partial charge in [-0.25, -0.2) is 17.9 Å². The van der Waals surface area contributed by atoms with Crippen molar-refractivity contribution in [3.8, 4) is 11.3 Å².